The van der Waals surface area contributed by atoms with Gasteiger partial charge in [-0.25, -0.2) is 9.97 Å². The molecule has 0 unspecified atom stereocenters. The van der Waals surface area contributed by atoms with E-state index in [0.29, 0.717) is 0 Å². The van der Waals surface area contributed by atoms with Gasteiger partial charge >= 0.3 is 0 Å². The van der Waals surface area contributed by atoms with Crippen molar-refractivity contribution in [3.63, 3.8) is 0 Å². The van der Waals surface area contributed by atoms with Gasteiger partial charge in [-0.2, -0.15) is 0 Å². The fraction of sp³-hybridized carbons (Fsp3) is 0. The van der Waals surface area contributed by atoms with Crippen LogP contribution in [-0.4, -0.2) is 19.1 Å². The standard InChI is InChI=1S/C68H42N6O2/c1-3-19-43(20-4-1)65-66(44-21-5-2-6-22-44)70-68-60(74-52-26-10-8-24-48(52)50-42-46(36-38-54(50)74)72-57-29-13-17-33-63(57)76-64-34-18-14-30-58(64)72)40-39-59(67(68)69-65)73-51-25-9-7-23-47(51)49-41-45(35-37-53(49)73)71-55-27-11-15-31-61(55)75-62-32-16-12-28-56(62)71/h1-42H. The minimum Gasteiger partial charge on any atom is -0.453 e. The molecule has 0 fully saturated rings. The van der Waals surface area contributed by atoms with Crippen molar-refractivity contribution in [3.8, 4) is 56.9 Å². The topological polar surface area (TPSA) is 60.6 Å². The molecule has 5 heterocycles. The van der Waals surface area contributed by atoms with Crippen LogP contribution in [0.1, 0.15) is 0 Å². The first kappa shape index (κ1) is 42.1. The first-order valence-electron chi connectivity index (χ1n) is 25.6. The van der Waals surface area contributed by atoms with E-state index in [0.717, 1.165) is 146 Å². The third-order valence-electron chi connectivity index (χ3n) is 15.0. The highest BCUT2D eigenvalue weighted by atomic mass is 16.5. The Labute approximate surface area is 436 Å². The molecule has 16 rings (SSSR count). The Kier molecular flexibility index (Phi) is 9.17. The smallest absolute Gasteiger partial charge is 0.151 e. The van der Waals surface area contributed by atoms with E-state index >= 15 is 0 Å². The summed E-state index contributed by atoms with van der Waals surface area (Å²) in [5, 5.41) is 4.50. The van der Waals surface area contributed by atoms with Gasteiger partial charge in [0.05, 0.1) is 67.6 Å². The summed E-state index contributed by atoms with van der Waals surface area (Å²) in [6.07, 6.45) is 0. The van der Waals surface area contributed by atoms with Crippen molar-refractivity contribution in [1.29, 1.82) is 0 Å². The van der Waals surface area contributed by atoms with E-state index in [1.54, 1.807) is 0 Å². The van der Waals surface area contributed by atoms with E-state index in [1.807, 2.05) is 48.5 Å². The Hall–Kier alpha value is -10.4. The molecule has 0 aliphatic carbocycles. The number of para-hydroxylation sites is 10. The van der Waals surface area contributed by atoms with E-state index in [4.69, 9.17) is 19.4 Å². The van der Waals surface area contributed by atoms with Gasteiger partial charge in [0.15, 0.2) is 23.0 Å². The molecule has 2 aliphatic heterocycles. The molecule has 0 N–H and O–H groups in total. The molecule has 0 bridgehead atoms. The summed E-state index contributed by atoms with van der Waals surface area (Å²) in [4.78, 5) is 16.3. The highest BCUT2D eigenvalue weighted by molar-refractivity contribution is 6.14. The largest absolute Gasteiger partial charge is 0.453 e. The molecular weight excluding hydrogens is 933 g/mol. The Balaban J connectivity index is 0.959. The minimum atomic E-state index is 0.780. The van der Waals surface area contributed by atoms with Gasteiger partial charge in [0, 0.05) is 44.0 Å². The molecule has 0 amide bonds. The molecule has 11 aromatic carbocycles. The van der Waals surface area contributed by atoms with Gasteiger partial charge in [0.25, 0.3) is 0 Å². The summed E-state index contributed by atoms with van der Waals surface area (Å²) in [5.74, 6) is 3.26. The van der Waals surface area contributed by atoms with Crippen LogP contribution in [0.4, 0.5) is 34.1 Å². The van der Waals surface area contributed by atoms with Gasteiger partial charge in [-0.1, -0.05) is 146 Å². The van der Waals surface area contributed by atoms with Crippen LogP contribution in [0.2, 0.25) is 0 Å². The second-order valence-electron chi connectivity index (χ2n) is 19.3. The molecule has 0 atom stereocenters. The average molecular weight is 975 g/mol. The summed E-state index contributed by atoms with van der Waals surface area (Å²) in [6, 6.07) is 89.4. The predicted octanol–water partition coefficient (Wildman–Crippen LogP) is 18.3. The molecule has 14 aromatic rings. The lowest BCUT2D eigenvalue weighted by Crippen LogP contribution is -2.15. The summed E-state index contributed by atoms with van der Waals surface area (Å²) in [7, 11) is 0. The highest BCUT2D eigenvalue weighted by Gasteiger charge is 2.29. The van der Waals surface area contributed by atoms with Crippen molar-refractivity contribution in [2.45, 2.75) is 0 Å². The van der Waals surface area contributed by atoms with Crippen molar-refractivity contribution in [1.82, 2.24) is 19.1 Å². The van der Waals surface area contributed by atoms with E-state index in [9.17, 15) is 0 Å². The third-order valence-corrected chi connectivity index (χ3v) is 15.0. The number of nitrogens with zero attached hydrogens (tertiary/aromatic N) is 6. The van der Waals surface area contributed by atoms with Crippen molar-refractivity contribution in [3.05, 3.63) is 255 Å². The predicted molar refractivity (Wildman–Crippen MR) is 309 cm³/mol. The quantitative estimate of drug-likeness (QED) is 0.165. The number of rotatable bonds is 6. The van der Waals surface area contributed by atoms with Crippen molar-refractivity contribution in [2.75, 3.05) is 9.80 Å². The van der Waals surface area contributed by atoms with Crippen LogP contribution in [0.5, 0.6) is 23.0 Å². The van der Waals surface area contributed by atoms with Gasteiger partial charge in [-0.05, 0) is 109 Å². The molecular formula is C68H42N6O2. The summed E-state index contributed by atoms with van der Waals surface area (Å²) in [6.45, 7) is 0. The lowest BCUT2D eigenvalue weighted by Gasteiger charge is -2.32. The maximum atomic E-state index is 6.44. The molecule has 8 nitrogen and oxygen atoms in total. The molecule has 3 aromatic heterocycles. The number of hydrogen-bond donors (Lipinski definition) is 0. The number of hydrogen-bond acceptors (Lipinski definition) is 6. The Morgan fingerprint density at radius 3 is 0.987 bits per heavy atom. The average Bonchev–Trinajstić information content (AvgIpc) is 4.04. The van der Waals surface area contributed by atoms with Crippen molar-refractivity contribution in [2.24, 2.45) is 0 Å². The van der Waals surface area contributed by atoms with Gasteiger partial charge in [0.1, 0.15) is 11.0 Å². The van der Waals surface area contributed by atoms with Crippen molar-refractivity contribution >= 4 is 88.8 Å². The van der Waals surface area contributed by atoms with Crippen LogP contribution < -0.4 is 19.3 Å². The number of benzene rings is 11. The third kappa shape index (κ3) is 6.31. The second kappa shape index (κ2) is 16.5. The number of aromatic nitrogens is 4. The minimum absolute atomic E-state index is 0.780. The zero-order chi connectivity index (χ0) is 49.8. The fourth-order valence-electron chi connectivity index (χ4n) is 11.7. The first-order valence-corrected chi connectivity index (χ1v) is 25.6. The first-order chi connectivity index (χ1) is 37.7. The maximum Gasteiger partial charge on any atom is 0.151 e. The van der Waals surface area contributed by atoms with Crippen LogP contribution in [0, 0.1) is 0 Å². The van der Waals surface area contributed by atoms with Gasteiger partial charge < -0.3 is 28.4 Å². The Bertz CT molecular complexity index is 4290. The van der Waals surface area contributed by atoms with Crippen LogP contribution in [0.15, 0.2) is 255 Å². The van der Waals surface area contributed by atoms with Crippen LogP contribution in [0.3, 0.4) is 0 Å². The highest BCUT2D eigenvalue weighted by Crippen LogP contribution is 2.53. The maximum absolute atomic E-state index is 6.44. The molecule has 356 valence electrons. The molecule has 0 saturated carbocycles. The zero-order valence-corrected chi connectivity index (χ0v) is 40.7. The monoisotopic (exact) mass is 974 g/mol. The number of ether oxygens (including phenoxy) is 2. The normalized spacial score (nSPS) is 12.6. The lowest BCUT2D eigenvalue weighted by molar-refractivity contribution is 0.477. The second-order valence-corrected chi connectivity index (χ2v) is 19.3. The molecule has 0 spiro atoms. The van der Waals surface area contributed by atoms with Crippen LogP contribution in [0.25, 0.3) is 88.5 Å². The van der Waals surface area contributed by atoms with Crippen LogP contribution >= 0.6 is 0 Å². The van der Waals surface area contributed by atoms with E-state index in [-0.39, 0.29) is 0 Å². The van der Waals surface area contributed by atoms with E-state index in [1.165, 1.54) is 0 Å². The van der Waals surface area contributed by atoms with Gasteiger partial charge in [0.2, 0.25) is 0 Å². The Morgan fingerprint density at radius 1 is 0.263 bits per heavy atom. The molecule has 8 heteroatoms. The Morgan fingerprint density at radius 2 is 0.592 bits per heavy atom. The molecule has 0 radical (unpaired) electrons. The van der Waals surface area contributed by atoms with E-state index in [2.05, 4.69) is 225 Å². The summed E-state index contributed by atoms with van der Waals surface area (Å²) < 4.78 is 17.6. The van der Waals surface area contributed by atoms with Crippen molar-refractivity contribution < 1.29 is 9.47 Å². The summed E-state index contributed by atoms with van der Waals surface area (Å²) >= 11 is 0. The van der Waals surface area contributed by atoms with Crippen LogP contribution in [-0.2, 0) is 0 Å². The van der Waals surface area contributed by atoms with Gasteiger partial charge in [-0.15, -0.1) is 0 Å². The SMILES string of the molecule is c1ccc(-c2nc3c(-n4c5ccccc5c5cc(N6c7ccccc7Oc7ccccc76)ccc54)ccc(-n4c5ccccc5c5cc(N6c7ccccc7Oc7ccccc76)ccc54)c3nc2-c2ccccc2)cc1. The van der Waals surface area contributed by atoms with Gasteiger partial charge in [-0.3, -0.25) is 0 Å². The zero-order valence-electron chi connectivity index (χ0n) is 40.7. The molecule has 0 saturated heterocycles. The van der Waals surface area contributed by atoms with E-state index < -0.39 is 0 Å². The molecule has 2 aliphatic rings. The fourth-order valence-corrected chi connectivity index (χ4v) is 11.7. The summed E-state index contributed by atoms with van der Waals surface area (Å²) in [5.41, 5.74) is 17.3. The number of fused-ring (bicyclic) bond motifs is 11. The molecule has 76 heavy (non-hydrogen) atoms. The lowest BCUT2D eigenvalue weighted by atomic mass is 10.0. The number of anilines is 6.